The second-order valence-electron chi connectivity index (χ2n) is 6.47. The zero-order valence-corrected chi connectivity index (χ0v) is 16.4. The number of hydrogen-bond acceptors (Lipinski definition) is 3. The maximum absolute atomic E-state index is 13.1. The summed E-state index contributed by atoms with van der Waals surface area (Å²) in [5.74, 6) is 0.601. The molecule has 0 fully saturated rings. The van der Waals surface area contributed by atoms with Gasteiger partial charge in [0.25, 0.3) is 0 Å². The summed E-state index contributed by atoms with van der Waals surface area (Å²) in [7, 11) is 0. The number of carbonyl (C=O) groups is 1. The molecule has 152 valence electrons. The van der Waals surface area contributed by atoms with Gasteiger partial charge in [-0.15, -0.1) is 0 Å². The van der Waals surface area contributed by atoms with E-state index in [1.807, 2.05) is 6.92 Å². The van der Waals surface area contributed by atoms with Crippen molar-refractivity contribution >= 4 is 11.9 Å². The molecule has 0 spiro atoms. The molecule has 7 heteroatoms. The van der Waals surface area contributed by atoms with Crippen molar-refractivity contribution in [3.8, 4) is 0 Å². The van der Waals surface area contributed by atoms with Crippen molar-refractivity contribution in [2.75, 3.05) is 32.8 Å². The van der Waals surface area contributed by atoms with Crippen LogP contribution in [-0.4, -0.2) is 49.8 Å². The average molecular weight is 381 g/mol. The van der Waals surface area contributed by atoms with Gasteiger partial charge in [-0.25, -0.2) is 4.39 Å². The van der Waals surface area contributed by atoms with Gasteiger partial charge in [0, 0.05) is 32.8 Å². The standard InChI is InChI=1S/C20H33FN4O2/c1-3-6-16(9-12-26)15-25-20(22-4-2)24-11-10-23-19(27)14-17-7-5-8-18(21)13-17/h5,7-8,13,16,26H,3-4,6,9-12,14-15H2,1-2H3,(H,23,27)(H2,22,24,25). The van der Waals surface area contributed by atoms with Gasteiger partial charge < -0.3 is 21.1 Å². The Morgan fingerprint density at radius 2 is 1.96 bits per heavy atom. The maximum Gasteiger partial charge on any atom is 0.224 e. The average Bonchev–Trinajstić information content (AvgIpc) is 2.63. The van der Waals surface area contributed by atoms with Crippen molar-refractivity contribution < 1.29 is 14.3 Å². The molecule has 27 heavy (non-hydrogen) atoms. The van der Waals surface area contributed by atoms with Crippen LogP contribution >= 0.6 is 0 Å². The zero-order valence-electron chi connectivity index (χ0n) is 16.4. The predicted molar refractivity (Wildman–Crippen MR) is 107 cm³/mol. The van der Waals surface area contributed by atoms with Gasteiger partial charge in [-0.05, 0) is 43.4 Å². The van der Waals surface area contributed by atoms with E-state index in [2.05, 4.69) is 27.9 Å². The molecule has 1 aromatic carbocycles. The van der Waals surface area contributed by atoms with E-state index in [4.69, 9.17) is 5.11 Å². The number of hydrogen-bond donors (Lipinski definition) is 4. The van der Waals surface area contributed by atoms with Crippen LogP contribution in [0.4, 0.5) is 4.39 Å². The highest BCUT2D eigenvalue weighted by Crippen LogP contribution is 2.10. The van der Waals surface area contributed by atoms with Crippen LogP contribution in [0.5, 0.6) is 0 Å². The van der Waals surface area contributed by atoms with Gasteiger partial charge in [0.2, 0.25) is 5.91 Å². The van der Waals surface area contributed by atoms with Crippen LogP contribution in [0.3, 0.4) is 0 Å². The third-order valence-corrected chi connectivity index (χ3v) is 4.08. The van der Waals surface area contributed by atoms with Crippen LogP contribution in [0.2, 0.25) is 0 Å². The number of guanidine groups is 1. The third kappa shape index (κ3) is 10.6. The summed E-state index contributed by atoms with van der Waals surface area (Å²) in [6.45, 7) is 6.71. The van der Waals surface area contributed by atoms with Crippen molar-refractivity contribution in [2.45, 2.75) is 39.5 Å². The van der Waals surface area contributed by atoms with E-state index in [0.29, 0.717) is 37.1 Å². The predicted octanol–water partition coefficient (Wildman–Crippen LogP) is 1.84. The van der Waals surface area contributed by atoms with E-state index in [-0.39, 0.29) is 24.8 Å². The summed E-state index contributed by atoms with van der Waals surface area (Å²) in [5.41, 5.74) is 0.654. The molecule has 0 bridgehead atoms. The summed E-state index contributed by atoms with van der Waals surface area (Å²) >= 11 is 0. The molecule has 1 amide bonds. The largest absolute Gasteiger partial charge is 0.396 e. The first-order valence-electron chi connectivity index (χ1n) is 9.73. The van der Waals surface area contributed by atoms with E-state index < -0.39 is 0 Å². The Labute approximate surface area is 161 Å². The Morgan fingerprint density at radius 3 is 2.63 bits per heavy atom. The Bertz CT molecular complexity index is 575. The lowest BCUT2D eigenvalue weighted by Crippen LogP contribution is -2.42. The molecule has 0 aliphatic heterocycles. The van der Waals surface area contributed by atoms with Crippen LogP contribution in [-0.2, 0) is 11.2 Å². The molecule has 0 aromatic heterocycles. The molecule has 1 aromatic rings. The van der Waals surface area contributed by atoms with Crippen LogP contribution in [0.1, 0.15) is 38.7 Å². The lowest BCUT2D eigenvalue weighted by molar-refractivity contribution is -0.120. The van der Waals surface area contributed by atoms with Crippen molar-refractivity contribution in [1.29, 1.82) is 0 Å². The smallest absolute Gasteiger partial charge is 0.224 e. The molecule has 0 radical (unpaired) electrons. The Kier molecular flexibility index (Phi) is 11.8. The molecule has 0 saturated carbocycles. The highest BCUT2D eigenvalue weighted by Gasteiger charge is 2.08. The van der Waals surface area contributed by atoms with Crippen molar-refractivity contribution in [3.63, 3.8) is 0 Å². The molecule has 0 aliphatic carbocycles. The number of carbonyl (C=O) groups excluding carboxylic acids is 1. The lowest BCUT2D eigenvalue weighted by atomic mass is 10.0. The van der Waals surface area contributed by atoms with Gasteiger partial charge in [-0.2, -0.15) is 0 Å². The van der Waals surface area contributed by atoms with Gasteiger partial charge in [-0.1, -0.05) is 25.5 Å². The number of rotatable bonds is 12. The van der Waals surface area contributed by atoms with Crippen LogP contribution in [0, 0.1) is 11.7 Å². The Hall–Kier alpha value is -2.15. The maximum atomic E-state index is 13.1. The fourth-order valence-electron chi connectivity index (χ4n) is 2.76. The van der Waals surface area contributed by atoms with Gasteiger partial charge in [-0.3, -0.25) is 9.79 Å². The Balaban J connectivity index is 2.36. The van der Waals surface area contributed by atoms with Gasteiger partial charge in [0.15, 0.2) is 5.96 Å². The topological polar surface area (TPSA) is 85.8 Å². The number of aliphatic imine (C=N–C) groups is 1. The molecule has 0 saturated heterocycles. The minimum atomic E-state index is -0.337. The summed E-state index contributed by atoms with van der Waals surface area (Å²) in [5, 5.41) is 18.3. The second kappa shape index (κ2) is 14.0. The zero-order chi connectivity index (χ0) is 19.9. The fourth-order valence-corrected chi connectivity index (χ4v) is 2.76. The van der Waals surface area contributed by atoms with Gasteiger partial charge in [0.1, 0.15) is 5.82 Å². The molecule has 1 unspecified atom stereocenters. The number of aliphatic hydroxyl groups is 1. The highest BCUT2D eigenvalue weighted by atomic mass is 19.1. The lowest BCUT2D eigenvalue weighted by Gasteiger charge is -2.15. The van der Waals surface area contributed by atoms with Crippen LogP contribution in [0.25, 0.3) is 0 Å². The molecule has 0 aliphatic rings. The van der Waals surface area contributed by atoms with Crippen molar-refractivity contribution in [1.82, 2.24) is 16.0 Å². The number of nitrogens with one attached hydrogen (secondary N) is 3. The minimum absolute atomic E-state index is 0.143. The summed E-state index contributed by atoms with van der Waals surface area (Å²) in [6.07, 6.45) is 3.03. The summed E-state index contributed by atoms with van der Waals surface area (Å²) < 4.78 is 13.1. The van der Waals surface area contributed by atoms with Crippen LogP contribution in [0.15, 0.2) is 29.3 Å². The SMILES string of the molecule is CCCC(CCO)CN=C(NCC)NCCNC(=O)Cc1cccc(F)c1. The monoisotopic (exact) mass is 380 g/mol. The first-order chi connectivity index (χ1) is 13.1. The molecule has 1 atom stereocenters. The minimum Gasteiger partial charge on any atom is -0.396 e. The quantitative estimate of drug-likeness (QED) is 0.253. The van der Waals surface area contributed by atoms with Crippen LogP contribution < -0.4 is 16.0 Å². The summed E-state index contributed by atoms with van der Waals surface area (Å²) in [4.78, 5) is 16.5. The molecule has 4 N–H and O–H groups in total. The Morgan fingerprint density at radius 1 is 1.19 bits per heavy atom. The highest BCUT2D eigenvalue weighted by molar-refractivity contribution is 5.80. The van der Waals surface area contributed by atoms with E-state index in [0.717, 1.165) is 25.8 Å². The normalized spacial score (nSPS) is 12.5. The van der Waals surface area contributed by atoms with Gasteiger partial charge >= 0.3 is 0 Å². The number of benzene rings is 1. The van der Waals surface area contributed by atoms with E-state index in [1.165, 1.54) is 12.1 Å². The molecular weight excluding hydrogens is 347 g/mol. The van der Waals surface area contributed by atoms with Crippen molar-refractivity contribution in [2.24, 2.45) is 10.9 Å². The summed E-state index contributed by atoms with van der Waals surface area (Å²) in [6, 6.07) is 6.06. The molecule has 0 heterocycles. The van der Waals surface area contributed by atoms with E-state index in [9.17, 15) is 9.18 Å². The second-order valence-corrected chi connectivity index (χ2v) is 6.47. The van der Waals surface area contributed by atoms with E-state index >= 15 is 0 Å². The van der Waals surface area contributed by atoms with E-state index in [1.54, 1.807) is 12.1 Å². The number of aliphatic hydroxyl groups excluding tert-OH is 1. The number of nitrogens with zero attached hydrogens (tertiary/aromatic N) is 1. The molecule has 6 nitrogen and oxygen atoms in total. The number of halogens is 1. The molecule has 1 rings (SSSR count). The fraction of sp³-hybridized carbons (Fsp3) is 0.600. The van der Waals surface area contributed by atoms with Crippen molar-refractivity contribution in [3.05, 3.63) is 35.6 Å². The molecular formula is C20H33FN4O2. The van der Waals surface area contributed by atoms with Gasteiger partial charge in [0.05, 0.1) is 6.42 Å². The first-order valence-corrected chi connectivity index (χ1v) is 9.73. The first kappa shape index (κ1) is 22.9. The number of amides is 1. The third-order valence-electron chi connectivity index (χ3n) is 4.08.